The predicted octanol–water partition coefficient (Wildman–Crippen LogP) is 3.27. The molecule has 0 saturated carbocycles. The molecule has 0 bridgehead atoms. The van der Waals surface area contributed by atoms with Gasteiger partial charge in [0.2, 0.25) is 0 Å². The van der Waals surface area contributed by atoms with Gasteiger partial charge in [0.15, 0.2) is 6.10 Å². The van der Waals surface area contributed by atoms with Crippen molar-refractivity contribution in [2.45, 2.75) is 32.7 Å². The quantitative estimate of drug-likeness (QED) is 0.707. The lowest BCUT2D eigenvalue weighted by Gasteiger charge is -2.21. The Labute approximate surface area is 148 Å². The Hall–Kier alpha value is -2.37. The van der Waals surface area contributed by atoms with Crippen molar-refractivity contribution in [2.75, 3.05) is 13.2 Å². The minimum Gasteiger partial charge on any atom is -0.489 e. The molecule has 5 nitrogen and oxygen atoms in total. The van der Waals surface area contributed by atoms with E-state index in [2.05, 4.69) is 0 Å². The molecule has 2 aromatic rings. The maximum absolute atomic E-state index is 11.9. The van der Waals surface area contributed by atoms with Crippen LogP contribution in [-0.4, -0.2) is 30.4 Å². The molecule has 25 heavy (non-hydrogen) atoms. The third-order valence-corrected chi connectivity index (χ3v) is 3.62. The van der Waals surface area contributed by atoms with Gasteiger partial charge in [-0.3, -0.25) is 0 Å². The van der Waals surface area contributed by atoms with Gasteiger partial charge in [-0.1, -0.05) is 42.5 Å². The van der Waals surface area contributed by atoms with E-state index in [9.17, 15) is 9.90 Å². The summed E-state index contributed by atoms with van der Waals surface area (Å²) in [6.45, 7) is 4.49. The molecular formula is C20H24O5. The molecule has 0 amide bonds. The second-order valence-electron chi connectivity index (χ2n) is 5.42. The van der Waals surface area contributed by atoms with E-state index in [0.29, 0.717) is 24.5 Å². The Balaban J connectivity index is 2.00. The van der Waals surface area contributed by atoms with Crippen LogP contribution in [0.2, 0.25) is 0 Å². The highest BCUT2D eigenvalue weighted by molar-refractivity contribution is 5.75. The van der Waals surface area contributed by atoms with E-state index in [4.69, 9.17) is 14.2 Å². The second kappa shape index (κ2) is 9.81. The van der Waals surface area contributed by atoms with Crippen molar-refractivity contribution >= 4 is 5.97 Å². The summed E-state index contributed by atoms with van der Waals surface area (Å²) < 4.78 is 16.0. The molecular weight excluding hydrogens is 320 g/mol. The molecule has 134 valence electrons. The molecule has 0 radical (unpaired) electrons. The number of esters is 1. The summed E-state index contributed by atoms with van der Waals surface area (Å²) in [6.07, 6.45) is -2.14. The molecule has 0 spiro atoms. The summed E-state index contributed by atoms with van der Waals surface area (Å²) in [5.41, 5.74) is 1.64. The number of aliphatic hydroxyl groups excluding tert-OH is 1. The van der Waals surface area contributed by atoms with Gasteiger partial charge in [-0.25, -0.2) is 4.79 Å². The fourth-order valence-electron chi connectivity index (χ4n) is 2.37. The van der Waals surface area contributed by atoms with Crippen molar-refractivity contribution in [2.24, 2.45) is 0 Å². The highest BCUT2D eigenvalue weighted by Crippen LogP contribution is 2.23. The SMILES string of the molecule is CCOC(=O)C(OCC)C(O)c1ccc(OCc2ccccc2)cc1. The minimum absolute atomic E-state index is 0.237. The molecule has 2 unspecified atom stereocenters. The predicted molar refractivity (Wildman–Crippen MR) is 94.2 cm³/mol. The zero-order chi connectivity index (χ0) is 18.1. The number of aliphatic hydroxyl groups is 1. The molecule has 1 N–H and O–H groups in total. The molecule has 2 rings (SSSR count). The molecule has 2 aromatic carbocycles. The standard InChI is InChI=1S/C20H24O5/c1-3-23-19(20(22)24-4-2)18(21)16-10-12-17(13-11-16)25-14-15-8-6-5-7-9-15/h5-13,18-19,21H,3-4,14H2,1-2H3. The van der Waals surface area contributed by atoms with Crippen molar-refractivity contribution < 1.29 is 24.1 Å². The Morgan fingerprint density at radius 2 is 1.68 bits per heavy atom. The summed E-state index contributed by atoms with van der Waals surface area (Å²) in [5.74, 6) is 0.116. The first-order valence-corrected chi connectivity index (χ1v) is 8.38. The van der Waals surface area contributed by atoms with Crippen LogP contribution in [0, 0.1) is 0 Å². The molecule has 0 heterocycles. The number of carbonyl (C=O) groups is 1. The lowest BCUT2D eigenvalue weighted by Crippen LogP contribution is -2.33. The monoisotopic (exact) mass is 344 g/mol. The van der Waals surface area contributed by atoms with Gasteiger partial charge in [-0.05, 0) is 37.1 Å². The van der Waals surface area contributed by atoms with E-state index in [1.807, 2.05) is 30.3 Å². The van der Waals surface area contributed by atoms with Crippen molar-refractivity contribution in [1.29, 1.82) is 0 Å². The van der Waals surface area contributed by atoms with E-state index < -0.39 is 18.2 Å². The first-order chi connectivity index (χ1) is 12.2. The average molecular weight is 344 g/mol. The van der Waals surface area contributed by atoms with Gasteiger partial charge in [0.1, 0.15) is 18.5 Å². The van der Waals surface area contributed by atoms with Gasteiger partial charge in [-0.2, -0.15) is 0 Å². The fraction of sp³-hybridized carbons (Fsp3) is 0.350. The minimum atomic E-state index is -1.10. The largest absolute Gasteiger partial charge is 0.489 e. The third kappa shape index (κ3) is 5.59. The first-order valence-electron chi connectivity index (χ1n) is 8.38. The summed E-state index contributed by atoms with van der Waals surface area (Å²) >= 11 is 0. The van der Waals surface area contributed by atoms with Crippen LogP contribution in [0.15, 0.2) is 54.6 Å². The summed E-state index contributed by atoms with van der Waals surface area (Å²) in [7, 11) is 0. The van der Waals surface area contributed by atoms with E-state index in [1.54, 1.807) is 38.1 Å². The Morgan fingerprint density at radius 1 is 1.00 bits per heavy atom. The van der Waals surface area contributed by atoms with Gasteiger partial charge in [-0.15, -0.1) is 0 Å². The first kappa shape index (κ1) is 19.0. The van der Waals surface area contributed by atoms with Crippen molar-refractivity contribution in [1.82, 2.24) is 0 Å². The van der Waals surface area contributed by atoms with E-state index in [-0.39, 0.29) is 6.61 Å². The zero-order valence-electron chi connectivity index (χ0n) is 14.6. The summed E-state index contributed by atoms with van der Waals surface area (Å²) in [6, 6.07) is 16.8. The lowest BCUT2D eigenvalue weighted by atomic mass is 10.0. The Morgan fingerprint density at radius 3 is 2.28 bits per heavy atom. The van der Waals surface area contributed by atoms with Crippen molar-refractivity contribution in [3.8, 4) is 5.75 Å². The van der Waals surface area contributed by atoms with Crippen molar-refractivity contribution in [3.63, 3.8) is 0 Å². The van der Waals surface area contributed by atoms with Crippen molar-refractivity contribution in [3.05, 3.63) is 65.7 Å². The number of benzene rings is 2. The van der Waals surface area contributed by atoms with Crippen LogP contribution in [-0.2, 0) is 20.9 Å². The van der Waals surface area contributed by atoms with Crippen LogP contribution in [0.25, 0.3) is 0 Å². The molecule has 2 atom stereocenters. The van der Waals surface area contributed by atoms with Gasteiger partial charge in [0.05, 0.1) is 6.61 Å². The van der Waals surface area contributed by atoms with Gasteiger partial charge in [0.25, 0.3) is 0 Å². The van der Waals surface area contributed by atoms with Crippen LogP contribution in [0.5, 0.6) is 5.75 Å². The molecule has 0 fully saturated rings. The third-order valence-electron chi connectivity index (χ3n) is 3.62. The Bertz CT molecular complexity index is 639. The summed E-state index contributed by atoms with van der Waals surface area (Å²) in [4.78, 5) is 11.9. The zero-order valence-corrected chi connectivity index (χ0v) is 14.6. The maximum atomic E-state index is 11.9. The van der Waals surface area contributed by atoms with Crippen LogP contribution in [0.3, 0.4) is 0 Å². The van der Waals surface area contributed by atoms with Crippen LogP contribution < -0.4 is 4.74 Å². The number of hydrogen-bond acceptors (Lipinski definition) is 5. The molecule has 0 aromatic heterocycles. The van der Waals surface area contributed by atoms with Crippen LogP contribution in [0.1, 0.15) is 31.1 Å². The molecule has 0 aliphatic rings. The van der Waals surface area contributed by atoms with Crippen LogP contribution >= 0.6 is 0 Å². The molecule has 0 saturated heterocycles. The molecule has 5 heteroatoms. The maximum Gasteiger partial charge on any atom is 0.338 e. The number of hydrogen-bond donors (Lipinski definition) is 1. The lowest BCUT2D eigenvalue weighted by molar-refractivity contribution is -0.164. The Kier molecular flexibility index (Phi) is 7.44. The van der Waals surface area contributed by atoms with E-state index in [1.165, 1.54) is 0 Å². The van der Waals surface area contributed by atoms with Gasteiger partial charge >= 0.3 is 5.97 Å². The molecule has 0 aliphatic carbocycles. The summed E-state index contributed by atoms with van der Waals surface area (Å²) in [5, 5.41) is 10.4. The molecule has 0 aliphatic heterocycles. The smallest absolute Gasteiger partial charge is 0.338 e. The highest BCUT2D eigenvalue weighted by Gasteiger charge is 2.29. The number of rotatable bonds is 9. The van der Waals surface area contributed by atoms with E-state index in [0.717, 1.165) is 5.56 Å². The van der Waals surface area contributed by atoms with Gasteiger partial charge in [0, 0.05) is 6.61 Å². The van der Waals surface area contributed by atoms with Crippen LogP contribution in [0.4, 0.5) is 0 Å². The fourth-order valence-corrected chi connectivity index (χ4v) is 2.37. The normalized spacial score (nSPS) is 13.1. The number of carbonyl (C=O) groups excluding carboxylic acids is 1. The van der Waals surface area contributed by atoms with Gasteiger partial charge < -0.3 is 19.3 Å². The second-order valence-corrected chi connectivity index (χ2v) is 5.42. The highest BCUT2D eigenvalue weighted by atomic mass is 16.6. The number of ether oxygens (including phenoxy) is 3. The topological polar surface area (TPSA) is 65.0 Å². The van der Waals surface area contributed by atoms with E-state index >= 15 is 0 Å². The average Bonchev–Trinajstić information content (AvgIpc) is 2.65.